The van der Waals surface area contributed by atoms with Crippen molar-refractivity contribution < 1.29 is 26.3 Å². The topological polar surface area (TPSA) is 0 Å². The Kier molecular flexibility index (Phi) is 3.50. The van der Waals surface area contributed by atoms with E-state index in [0.717, 1.165) is 19.1 Å². The molecule has 0 N–H and O–H groups in total. The zero-order chi connectivity index (χ0) is 15.2. The minimum absolute atomic E-state index is 0.00731. The zero-order valence-corrected chi connectivity index (χ0v) is 10.4. The predicted octanol–water partition coefficient (Wildman–Crippen LogP) is 4.81. The number of hydrogen-bond donors (Lipinski definition) is 0. The molecule has 2 rings (SSSR count). The van der Waals surface area contributed by atoms with Crippen LogP contribution in [0, 0.1) is 48.8 Å². The van der Waals surface area contributed by atoms with Crippen LogP contribution in [0.2, 0.25) is 0 Å². The molecule has 0 nitrogen and oxygen atoms in total. The highest BCUT2D eigenvalue weighted by Crippen LogP contribution is 2.35. The van der Waals surface area contributed by atoms with Crippen molar-refractivity contribution in [2.45, 2.75) is 13.8 Å². The lowest BCUT2D eigenvalue weighted by Gasteiger charge is -2.13. The van der Waals surface area contributed by atoms with Gasteiger partial charge in [-0.15, -0.1) is 0 Å². The number of hydrogen-bond acceptors (Lipinski definition) is 0. The Balaban J connectivity index is 2.95. The highest BCUT2D eigenvalue weighted by molar-refractivity contribution is 5.70. The first-order chi connectivity index (χ1) is 9.27. The molecular weight excluding hydrogens is 282 g/mol. The second kappa shape index (κ2) is 4.85. The molecule has 0 heterocycles. The van der Waals surface area contributed by atoms with E-state index in [-0.39, 0.29) is 5.56 Å². The van der Waals surface area contributed by atoms with Crippen LogP contribution in [0.5, 0.6) is 0 Å². The van der Waals surface area contributed by atoms with Crippen LogP contribution in [-0.2, 0) is 0 Å². The summed E-state index contributed by atoms with van der Waals surface area (Å²) in [6, 6.07) is 1.86. The molecule has 0 bridgehead atoms. The van der Waals surface area contributed by atoms with E-state index >= 15 is 0 Å². The lowest BCUT2D eigenvalue weighted by atomic mass is 9.96. The Morgan fingerprint density at radius 1 is 0.600 bits per heavy atom. The normalized spacial score (nSPS) is 11.0. The molecule has 0 aliphatic carbocycles. The molecule has 0 atom stereocenters. The summed E-state index contributed by atoms with van der Waals surface area (Å²) >= 11 is 0. The van der Waals surface area contributed by atoms with Crippen LogP contribution in [0.15, 0.2) is 12.1 Å². The molecule has 0 saturated heterocycles. The van der Waals surface area contributed by atoms with E-state index in [0.29, 0.717) is 0 Å². The van der Waals surface area contributed by atoms with Gasteiger partial charge in [-0.05, 0) is 25.5 Å². The highest BCUT2D eigenvalue weighted by Gasteiger charge is 2.27. The van der Waals surface area contributed by atoms with Crippen molar-refractivity contribution >= 4 is 0 Å². The van der Waals surface area contributed by atoms with Gasteiger partial charge in [0.25, 0.3) is 0 Å². The van der Waals surface area contributed by atoms with E-state index in [2.05, 4.69) is 0 Å². The zero-order valence-electron chi connectivity index (χ0n) is 10.4. The Labute approximate surface area is 110 Å². The van der Waals surface area contributed by atoms with Crippen LogP contribution < -0.4 is 0 Å². The van der Waals surface area contributed by atoms with E-state index in [1.165, 1.54) is 6.92 Å². The molecule has 0 saturated carbocycles. The second-order valence-electron chi connectivity index (χ2n) is 4.31. The molecule has 6 heteroatoms. The quantitative estimate of drug-likeness (QED) is 0.402. The molecule has 0 aliphatic heterocycles. The summed E-state index contributed by atoms with van der Waals surface area (Å²) in [5.41, 5.74) is -2.69. The summed E-state index contributed by atoms with van der Waals surface area (Å²) in [7, 11) is 0. The van der Waals surface area contributed by atoms with Crippen molar-refractivity contribution in [2.75, 3.05) is 0 Å². The van der Waals surface area contributed by atoms with Gasteiger partial charge in [0.2, 0.25) is 0 Å². The van der Waals surface area contributed by atoms with E-state index in [1.807, 2.05) is 0 Å². The molecule has 106 valence electrons. The maximum absolute atomic E-state index is 13.9. The van der Waals surface area contributed by atoms with Gasteiger partial charge in [0.05, 0.1) is 5.56 Å². The molecule has 2 aromatic carbocycles. The third-order valence-corrected chi connectivity index (χ3v) is 3.04. The smallest absolute Gasteiger partial charge is 0.195 e. The Morgan fingerprint density at radius 3 is 1.80 bits per heavy atom. The van der Waals surface area contributed by atoms with Gasteiger partial charge in [-0.1, -0.05) is 6.07 Å². The monoisotopic (exact) mass is 290 g/mol. The van der Waals surface area contributed by atoms with Gasteiger partial charge >= 0.3 is 0 Å². The van der Waals surface area contributed by atoms with Gasteiger partial charge < -0.3 is 0 Å². The van der Waals surface area contributed by atoms with Gasteiger partial charge in [0, 0.05) is 11.1 Å². The summed E-state index contributed by atoms with van der Waals surface area (Å²) in [6.45, 7) is 2.15. The molecule has 0 fully saturated rings. The van der Waals surface area contributed by atoms with E-state index < -0.39 is 51.6 Å². The fourth-order valence-corrected chi connectivity index (χ4v) is 1.92. The minimum Gasteiger partial charge on any atom is -0.206 e. The van der Waals surface area contributed by atoms with Crippen molar-refractivity contribution in [3.63, 3.8) is 0 Å². The van der Waals surface area contributed by atoms with Crippen LogP contribution in [0.25, 0.3) is 11.1 Å². The van der Waals surface area contributed by atoms with Crippen LogP contribution in [-0.4, -0.2) is 0 Å². The first kappa shape index (κ1) is 14.4. The molecular formula is C14H8F6. The van der Waals surface area contributed by atoms with Gasteiger partial charge in [-0.25, -0.2) is 26.3 Å². The van der Waals surface area contributed by atoms with Crippen molar-refractivity contribution in [2.24, 2.45) is 0 Å². The van der Waals surface area contributed by atoms with E-state index in [1.54, 1.807) is 0 Å². The van der Waals surface area contributed by atoms with Crippen molar-refractivity contribution in [3.8, 4) is 11.1 Å². The second-order valence-corrected chi connectivity index (χ2v) is 4.31. The lowest BCUT2D eigenvalue weighted by molar-refractivity contribution is 0.430. The van der Waals surface area contributed by atoms with E-state index in [9.17, 15) is 26.3 Å². The standard InChI is InChI=1S/C14H8F6/c1-5-3-4-7(15)12(18)8(5)9-10(16)6(2)11(17)14(20)13(9)19/h3-4H,1-2H3. The van der Waals surface area contributed by atoms with Gasteiger partial charge in [0.1, 0.15) is 5.82 Å². The minimum atomic E-state index is -1.93. The molecule has 0 unspecified atom stereocenters. The summed E-state index contributed by atoms with van der Waals surface area (Å²) in [4.78, 5) is 0. The largest absolute Gasteiger partial charge is 0.206 e. The van der Waals surface area contributed by atoms with Crippen molar-refractivity contribution in [3.05, 3.63) is 58.2 Å². The maximum atomic E-state index is 13.9. The third-order valence-electron chi connectivity index (χ3n) is 3.04. The van der Waals surface area contributed by atoms with Gasteiger partial charge in [-0.3, -0.25) is 0 Å². The summed E-state index contributed by atoms with van der Waals surface area (Å²) in [5.74, 6) is -9.84. The van der Waals surface area contributed by atoms with Gasteiger partial charge in [0.15, 0.2) is 29.1 Å². The molecule has 0 aromatic heterocycles. The number of benzene rings is 2. The number of rotatable bonds is 1. The summed E-state index contributed by atoms with van der Waals surface area (Å²) in [6.07, 6.45) is 0. The number of halogens is 6. The van der Waals surface area contributed by atoms with Gasteiger partial charge in [-0.2, -0.15) is 0 Å². The first-order valence-electron chi connectivity index (χ1n) is 5.54. The first-order valence-corrected chi connectivity index (χ1v) is 5.54. The van der Waals surface area contributed by atoms with Crippen molar-refractivity contribution in [1.82, 2.24) is 0 Å². The fourth-order valence-electron chi connectivity index (χ4n) is 1.92. The third kappa shape index (κ3) is 1.95. The fraction of sp³-hybridized carbons (Fsp3) is 0.143. The van der Waals surface area contributed by atoms with Crippen LogP contribution in [0.3, 0.4) is 0 Å². The molecule has 2 aromatic rings. The highest BCUT2D eigenvalue weighted by atomic mass is 19.2. The Bertz CT molecular complexity index is 677. The van der Waals surface area contributed by atoms with Crippen LogP contribution in [0.4, 0.5) is 26.3 Å². The number of aryl methyl sites for hydroxylation is 1. The molecule has 20 heavy (non-hydrogen) atoms. The van der Waals surface area contributed by atoms with Crippen molar-refractivity contribution in [1.29, 1.82) is 0 Å². The molecule has 0 aliphatic rings. The van der Waals surface area contributed by atoms with Crippen LogP contribution in [0.1, 0.15) is 11.1 Å². The SMILES string of the molecule is Cc1ccc(F)c(F)c1-c1c(F)c(C)c(F)c(F)c1F. The van der Waals surface area contributed by atoms with Crippen LogP contribution >= 0.6 is 0 Å². The van der Waals surface area contributed by atoms with E-state index in [4.69, 9.17) is 0 Å². The molecule has 0 amide bonds. The maximum Gasteiger partial charge on any atom is 0.195 e. The summed E-state index contributed by atoms with van der Waals surface area (Å²) in [5, 5.41) is 0. The predicted molar refractivity (Wildman–Crippen MR) is 61.1 cm³/mol. The average Bonchev–Trinajstić information content (AvgIpc) is 2.42. The summed E-state index contributed by atoms with van der Waals surface area (Å²) < 4.78 is 81.2. The Hall–Kier alpha value is -1.98. The molecule has 0 spiro atoms. The average molecular weight is 290 g/mol. The Morgan fingerprint density at radius 2 is 1.20 bits per heavy atom. The molecule has 0 radical (unpaired) electrons. The lowest BCUT2D eigenvalue weighted by Crippen LogP contribution is -2.06.